The number of hydrogen-bond donors (Lipinski definition) is 1. The van der Waals surface area contributed by atoms with Gasteiger partial charge in [0.2, 0.25) is 0 Å². The van der Waals surface area contributed by atoms with Crippen LogP contribution in [0.4, 0.5) is 0 Å². The Hall–Kier alpha value is -0.970. The molecule has 1 N–H and O–H groups in total. The van der Waals surface area contributed by atoms with Gasteiger partial charge in [-0.05, 0) is 24.7 Å². The number of thioether (sulfide) groups is 1. The first-order chi connectivity index (χ1) is 10.0. The van der Waals surface area contributed by atoms with Crippen LogP contribution in [0.1, 0.15) is 70.5 Å². The minimum Gasteiger partial charge on any atom is -0.481 e. The number of imidazole rings is 1. The van der Waals surface area contributed by atoms with Crippen LogP contribution in [0.3, 0.4) is 0 Å². The van der Waals surface area contributed by atoms with E-state index in [-0.39, 0.29) is 5.75 Å². The van der Waals surface area contributed by atoms with Crippen molar-refractivity contribution >= 4 is 17.7 Å². The summed E-state index contributed by atoms with van der Waals surface area (Å²) < 4.78 is 2.33. The van der Waals surface area contributed by atoms with E-state index >= 15 is 0 Å². The van der Waals surface area contributed by atoms with Crippen molar-refractivity contribution in [2.24, 2.45) is 5.92 Å². The second-order valence-electron chi connectivity index (χ2n) is 6.27. The largest absolute Gasteiger partial charge is 0.481 e. The summed E-state index contributed by atoms with van der Waals surface area (Å²) in [6.45, 7) is 6.63. The summed E-state index contributed by atoms with van der Waals surface area (Å²) in [4.78, 5) is 15.3. The maximum Gasteiger partial charge on any atom is 0.313 e. The van der Waals surface area contributed by atoms with Gasteiger partial charge in [0, 0.05) is 17.9 Å². The molecule has 1 aliphatic carbocycles. The van der Waals surface area contributed by atoms with E-state index in [9.17, 15) is 4.79 Å². The lowest BCUT2D eigenvalue weighted by atomic mass is 9.84. The number of rotatable bonds is 6. The smallest absolute Gasteiger partial charge is 0.313 e. The Balaban J connectivity index is 2.25. The predicted octanol–water partition coefficient (Wildman–Crippen LogP) is 4.32. The molecule has 5 heteroatoms. The van der Waals surface area contributed by atoms with E-state index in [1.54, 1.807) is 0 Å². The van der Waals surface area contributed by atoms with Crippen LogP contribution in [0.5, 0.6) is 0 Å². The Kier molecular flexibility index (Phi) is 5.73. The van der Waals surface area contributed by atoms with Gasteiger partial charge in [-0.1, -0.05) is 51.8 Å². The zero-order valence-corrected chi connectivity index (χ0v) is 14.0. The van der Waals surface area contributed by atoms with E-state index in [1.165, 1.54) is 49.6 Å². The molecule has 0 spiro atoms. The molecule has 0 saturated heterocycles. The number of aromatic nitrogens is 2. The summed E-state index contributed by atoms with van der Waals surface area (Å²) in [6, 6.07) is 0.486. The van der Waals surface area contributed by atoms with Crippen molar-refractivity contribution in [2.45, 2.75) is 70.0 Å². The van der Waals surface area contributed by atoms with Crippen LogP contribution in [-0.2, 0) is 4.79 Å². The highest BCUT2D eigenvalue weighted by atomic mass is 32.2. The van der Waals surface area contributed by atoms with Crippen molar-refractivity contribution in [2.75, 3.05) is 5.75 Å². The Morgan fingerprint density at radius 1 is 1.52 bits per heavy atom. The van der Waals surface area contributed by atoms with Crippen molar-refractivity contribution in [3.63, 3.8) is 0 Å². The summed E-state index contributed by atoms with van der Waals surface area (Å²) in [5, 5.41) is 9.79. The zero-order chi connectivity index (χ0) is 15.4. The summed E-state index contributed by atoms with van der Waals surface area (Å²) in [5.74, 6) is 0.510. The van der Waals surface area contributed by atoms with Crippen LogP contribution in [0.2, 0.25) is 0 Å². The third-order valence-electron chi connectivity index (χ3n) is 4.41. The average molecular weight is 310 g/mol. The van der Waals surface area contributed by atoms with Crippen LogP contribution in [0.15, 0.2) is 11.4 Å². The topological polar surface area (TPSA) is 55.1 Å². The Labute approximate surface area is 131 Å². The van der Waals surface area contributed by atoms with Crippen LogP contribution >= 0.6 is 11.8 Å². The van der Waals surface area contributed by atoms with E-state index in [4.69, 9.17) is 5.11 Å². The first kappa shape index (κ1) is 16.4. The van der Waals surface area contributed by atoms with E-state index in [2.05, 4.69) is 30.3 Å². The first-order valence-electron chi connectivity index (χ1n) is 7.94. The summed E-state index contributed by atoms with van der Waals surface area (Å²) in [5.41, 5.74) is 1.24. The SMILES string of the molecule is CCC1CCCC(n2c(C(C)C)cnc2SCC(=O)O)C1. The standard InChI is InChI=1S/C16H26N2O2S/c1-4-12-6-5-7-13(8-12)18-14(11(2)3)9-17-16(18)21-10-15(19)20/h9,11-13H,4-8,10H2,1-3H3,(H,19,20). The van der Waals surface area contributed by atoms with Crippen molar-refractivity contribution in [1.29, 1.82) is 0 Å². The second-order valence-corrected chi connectivity index (χ2v) is 7.21. The van der Waals surface area contributed by atoms with Crippen molar-refractivity contribution in [3.05, 3.63) is 11.9 Å². The Morgan fingerprint density at radius 3 is 2.90 bits per heavy atom. The highest BCUT2D eigenvalue weighted by Gasteiger charge is 2.26. The number of carboxylic acid groups (broad SMARTS) is 1. The van der Waals surface area contributed by atoms with Crippen LogP contribution in [0, 0.1) is 5.92 Å². The molecule has 118 valence electrons. The number of carbonyl (C=O) groups is 1. The Bertz CT molecular complexity index is 485. The molecule has 1 fully saturated rings. The van der Waals surface area contributed by atoms with Gasteiger partial charge in [-0.2, -0.15) is 0 Å². The van der Waals surface area contributed by atoms with Gasteiger partial charge in [0.25, 0.3) is 0 Å². The van der Waals surface area contributed by atoms with Gasteiger partial charge >= 0.3 is 5.97 Å². The fourth-order valence-corrected chi connectivity index (χ4v) is 4.02. The lowest BCUT2D eigenvalue weighted by Crippen LogP contribution is -2.21. The van der Waals surface area contributed by atoms with E-state index < -0.39 is 5.97 Å². The maximum absolute atomic E-state index is 10.8. The summed E-state index contributed by atoms with van der Waals surface area (Å²) in [6.07, 6.45) is 8.16. The van der Waals surface area contributed by atoms with Crippen LogP contribution in [0.25, 0.3) is 0 Å². The third kappa shape index (κ3) is 4.02. The predicted molar refractivity (Wildman–Crippen MR) is 86.0 cm³/mol. The van der Waals surface area contributed by atoms with Gasteiger partial charge in [-0.3, -0.25) is 4.79 Å². The molecule has 1 aromatic heterocycles. The molecule has 4 nitrogen and oxygen atoms in total. The number of nitrogens with zero attached hydrogens (tertiary/aromatic N) is 2. The monoisotopic (exact) mass is 310 g/mol. The number of aliphatic carboxylic acids is 1. The molecule has 1 aromatic rings. The molecule has 0 aromatic carbocycles. The zero-order valence-electron chi connectivity index (χ0n) is 13.2. The molecule has 2 rings (SSSR count). The van der Waals surface area contributed by atoms with Crippen LogP contribution < -0.4 is 0 Å². The molecule has 0 radical (unpaired) electrons. The van der Waals surface area contributed by atoms with Crippen molar-refractivity contribution < 1.29 is 9.90 Å². The van der Waals surface area contributed by atoms with Gasteiger partial charge in [0.05, 0.1) is 5.75 Å². The lowest BCUT2D eigenvalue weighted by molar-refractivity contribution is -0.133. The van der Waals surface area contributed by atoms with E-state index in [0.29, 0.717) is 12.0 Å². The van der Waals surface area contributed by atoms with Gasteiger partial charge in [0.1, 0.15) is 0 Å². The fraction of sp³-hybridized carbons (Fsp3) is 0.750. The van der Waals surface area contributed by atoms with Crippen LogP contribution in [-0.4, -0.2) is 26.4 Å². The van der Waals surface area contributed by atoms with Gasteiger partial charge in [-0.15, -0.1) is 0 Å². The highest BCUT2D eigenvalue weighted by Crippen LogP contribution is 2.38. The summed E-state index contributed by atoms with van der Waals surface area (Å²) >= 11 is 1.35. The summed E-state index contributed by atoms with van der Waals surface area (Å²) in [7, 11) is 0. The molecular formula is C16H26N2O2S. The molecule has 0 amide bonds. The van der Waals surface area contributed by atoms with Crippen molar-refractivity contribution in [1.82, 2.24) is 9.55 Å². The minimum absolute atomic E-state index is 0.0818. The third-order valence-corrected chi connectivity index (χ3v) is 5.36. The average Bonchev–Trinajstić information content (AvgIpc) is 2.89. The van der Waals surface area contributed by atoms with E-state index in [0.717, 1.165) is 11.1 Å². The Morgan fingerprint density at radius 2 is 2.29 bits per heavy atom. The van der Waals surface area contributed by atoms with Gasteiger partial charge in [0.15, 0.2) is 5.16 Å². The molecule has 2 atom stereocenters. The lowest BCUT2D eigenvalue weighted by Gasteiger charge is -2.32. The molecule has 0 bridgehead atoms. The fourth-order valence-electron chi connectivity index (χ4n) is 3.25. The molecule has 1 saturated carbocycles. The molecule has 0 aliphatic heterocycles. The van der Waals surface area contributed by atoms with E-state index in [1.807, 2.05) is 6.20 Å². The quantitative estimate of drug-likeness (QED) is 0.795. The molecular weight excluding hydrogens is 284 g/mol. The molecule has 2 unspecified atom stereocenters. The van der Waals surface area contributed by atoms with Crippen molar-refractivity contribution in [3.8, 4) is 0 Å². The molecule has 1 heterocycles. The highest BCUT2D eigenvalue weighted by molar-refractivity contribution is 7.99. The molecule has 1 aliphatic rings. The normalized spacial score (nSPS) is 22.7. The number of hydrogen-bond acceptors (Lipinski definition) is 3. The minimum atomic E-state index is -0.782. The second kappa shape index (κ2) is 7.34. The first-order valence-corrected chi connectivity index (χ1v) is 8.93. The molecule has 21 heavy (non-hydrogen) atoms. The van der Waals surface area contributed by atoms with Gasteiger partial charge < -0.3 is 9.67 Å². The van der Waals surface area contributed by atoms with Gasteiger partial charge in [-0.25, -0.2) is 4.98 Å². The number of carboxylic acids is 1. The maximum atomic E-state index is 10.8.